The van der Waals surface area contributed by atoms with Crippen LogP contribution in [0.15, 0.2) is 322 Å². The van der Waals surface area contributed by atoms with Gasteiger partial charge in [0.05, 0.1) is 5.39 Å². The molecular weight excluding hydrogens is 1250 g/mol. The Balaban J connectivity index is 0.000000122. The molecule has 0 spiro atoms. The summed E-state index contributed by atoms with van der Waals surface area (Å²) in [7, 11) is 17.1. The fourth-order valence-corrected chi connectivity index (χ4v) is 14.6. The van der Waals surface area contributed by atoms with Crippen LogP contribution < -0.4 is 36.5 Å². The maximum absolute atomic E-state index is 2.30. The maximum atomic E-state index is 2.30. The van der Waals surface area contributed by atoms with Gasteiger partial charge in [-0.3, -0.25) is 0 Å². The van der Waals surface area contributed by atoms with E-state index in [0.29, 0.717) is 0 Å². The molecule has 8 aromatic heterocycles. The third-order valence-corrected chi connectivity index (χ3v) is 20.3. The second-order valence-corrected chi connectivity index (χ2v) is 27.0. The van der Waals surface area contributed by atoms with Crippen molar-refractivity contribution in [1.29, 1.82) is 0 Å². The SMILES string of the molecule is Cc1cc(-c2cccc(-c3ccccc3C)[n+]2C)[n+](C)cc1-c1ccccc1.Cc1ccccc1-c1cccc(-c2c3ccccc3cc[n+]2C)[n+]1C.Cc1ccccc1-c1cccc(-c2cc3ccccc3c[n+]2C)[n+]1C.Cc1ccccc1-c1cccc(-c2ccc3ccccc3[n+]2C)[n+]1C. The van der Waals surface area contributed by atoms with Crippen molar-refractivity contribution < 1.29 is 36.5 Å². The van der Waals surface area contributed by atoms with E-state index >= 15 is 0 Å². The Hall–Kier alpha value is -12.3. The minimum absolute atomic E-state index is 1.20. The van der Waals surface area contributed by atoms with Crippen LogP contribution in [0.1, 0.15) is 27.8 Å². The summed E-state index contributed by atoms with van der Waals surface area (Å²) in [5, 5.41) is 6.30. The van der Waals surface area contributed by atoms with Gasteiger partial charge in [-0.15, -0.1) is 0 Å². The molecule has 0 saturated heterocycles. The van der Waals surface area contributed by atoms with Crippen molar-refractivity contribution in [1.82, 2.24) is 0 Å². The van der Waals surface area contributed by atoms with Crippen LogP contribution in [0.2, 0.25) is 0 Å². The number of fused-ring (bicyclic) bond motifs is 3. The van der Waals surface area contributed by atoms with Crippen LogP contribution in [-0.2, 0) is 56.4 Å². The fraction of sp³-hybridized carbons (Fsp3) is 0.137. The highest BCUT2D eigenvalue weighted by Gasteiger charge is 2.30. The number of para-hydroxylation sites is 1. The van der Waals surface area contributed by atoms with Crippen molar-refractivity contribution in [3.8, 4) is 102 Å². The van der Waals surface area contributed by atoms with Crippen molar-refractivity contribution in [2.75, 3.05) is 0 Å². The molecule has 0 fully saturated rings. The lowest BCUT2D eigenvalue weighted by atomic mass is 10.0. The predicted octanol–water partition coefficient (Wildman–Crippen LogP) is 17.3. The van der Waals surface area contributed by atoms with Crippen LogP contribution in [0.5, 0.6) is 0 Å². The number of benzene rings is 8. The monoisotopic (exact) mass is 1340 g/mol. The molecule has 8 aromatic carbocycles. The number of hydrogen-bond donors (Lipinski definition) is 0. The minimum atomic E-state index is 1.20. The summed E-state index contributed by atoms with van der Waals surface area (Å²) in [6, 6.07) is 108. The molecule has 0 amide bonds. The Morgan fingerprint density at radius 3 is 1.08 bits per heavy atom. The van der Waals surface area contributed by atoms with Crippen molar-refractivity contribution in [3.63, 3.8) is 0 Å². The molecule has 0 radical (unpaired) electrons. The highest BCUT2D eigenvalue weighted by atomic mass is 15.0. The molecule has 0 N–H and O–H groups in total. The van der Waals surface area contributed by atoms with Gasteiger partial charge in [0.15, 0.2) is 18.6 Å². The molecule has 8 heterocycles. The smallest absolute Gasteiger partial charge is 0.195 e. The second-order valence-electron chi connectivity index (χ2n) is 27.0. The van der Waals surface area contributed by atoms with Gasteiger partial charge in [-0.25, -0.2) is 0 Å². The van der Waals surface area contributed by atoms with E-state index in [-0.39, 0.29) is 0 Å². The lowest BCUT2D eigenvalue weighted by Crippen LogP contribution is -2.40. The van der Waals surface area contributed by atoms with Gasteiger partial charge in [0, 0.05) is 117 Å². The average molecular weight is 1350 g/mol. The van der Waals surface area contributed by atoms with E-state index in [0.717, 1.165) is 0 Å². The molecule has 16 rings (SSSR count). The van der Waals surface area contributed by atoms with E-state index in [2.05, 4.69) is 449 Å². The van der Waals surface area contributed by atoms with Gasteiger partial charge < -0.3 is 0 Å². The molecule has 504 valence electrons. The van der Waals surface area contributed by atoms with Crippen LogP contribution in [0.25, 0.3) is 134 Å². The van der Waals surface area contributed by atoms with Crippen molar-refractivity contribution in [3.05, 3.63) is 350 Å². The first-order valence-electron chi connectivity index (χ1n) is 35.5. The van der Waals surface area contributed by atoms with Crippen molar-refractivity contribution in [2.24, 2.45) is 56.4 Å². The number of nitrogens with zero attached hydrogens (tertiary/aromatic N) is 8. The first kappa shape index (κ1) is 69.2. The molecule has 16 aromatic rings. The zero-order valence-corrected chi connectivity index (χ0v) is 61.7. The highest BCUT2D eigenvalue weighted by molar-refractivity contribution is 5.91. The molecule has 0 aliphatic carbocycles. The molecule has 103 heavy (non-hydrogen) atoms. The Morgan fingerprint density at radius 1 is 0.204 bits per heavy atom. The molecular formula is C95H92N8+8. The first-order chi connectivity index (χ1) is 50.0. The second kappa shape index (κ2) is 30.7. The minimum Gasteiger partial charge on any atom is -0.195 e. The summed E-state index contributed by atoms with van der Waals surface area (Å²) < 4.78 is 18.1. The van der Waals surface area contributed by atoms with E-state index in [1.165, 1.54) is 162 Å². The van der Waals surface area contributed by atoms with Crippen LogP contribution in [0.4, 0.5) is 0 Å². The molecule has 0 aliphatic heterocycles. The van der Waals surface area contributed by atoms with Crippen LogP contribution in [-0.4, -0.2) is 0 Å². The van der Waals surface area contributed by atoms with Crippen molar-refractivity contribution in [2.45, 2.75) is 34.6 Å². The summed E-state index contributed by atoms with van der Waals surface area (Å²) in [6.07, 6.45) is 6.57. The van der Waals surface area contributed by atoms with E-state index < -0.39 is 0 Å². The molecule has 8 heteroatoms. The molecule has 0 atom stereocenters. The van der Waals surface area contributed by atoms with Crippen LogP contribution in [0, 0.1) is 34.6 Å². The van der Waals surface area contributed by atoms with Gasteiger partial charge >= 0.3 is 0 Å². The number of hydrogen-bond acceptors (Lipinski definition) is 0. The fourth-order valence-electron chi connectivity index (χ4n) is 14.6. The Morgan fingerprint density at radius 2 is 0.573 bits per heavy atom. The number of pyridine rings is 8. The van der Waals surface area contributed by atoms with E-state index in [9.17, 15) is 0 Å². The number of aromatic nitrogens is 8. The largest absolute Gasteiger partial charge is 0.285 e. The van der Waals surface area contributed by atoms with Crippen LogP contribution >= 0.6 is 0 Å². The molecule has 0 unspecified atom stereocenters. The molecule has 8 nitrogen and oxygen atoms in total. The molecule has 0 aliphatic rings. The third kappa shape index (κ3) is 14.4. The van der Waals surface area contributed by atoms with Gasteiger partial charge in [0.25, 0.3) is 45.6 Å². The zero-order chi connectivity index (χ0) is 71.8. The van der Waals surface area contributed by atoms with Gasteiger partial charge in [-0.05, 0) is 152 Å². The van der Waals surface area contributed by atoms with Crippen molar-refractivity contribution >= 4 is 32.4 Å². The number of rotatable bonds is 9. The van der Waals surface area contributed by atoms with Gasteiger partial charge in [0.1, 0.15) is 56.4 Å². The third-order valence-electron chi connectivity index (χ3n) is 20.3. The molecule has 0 bridgehead atoms. The quantitative estimate of drug-likeness (QED) is 0.129. The summed E-state index contributed by atoms with van der Waals surface area (Å²) in [4.78, 5) is 0. The summed E-state index contributed by atoms with van der Waals surface area (Å²) in [6.45, 7) is 10.9. The Bertz CT molecular complexity index is 5710. The standard InChI is InChI=1S/C26H26N2.3C23H22N2/c1-19-11-8-9-14-22(19)24-15-10-16-25(28(24)4)26-17-20(2)23(18-27(26)3)21-12-6-5-7-13-21;1-17-9-4-7-12-20(17)21-13-8-14-22(25(21)3)23-15-18-10-5-6-11-19(18)16-24(23)2;1-17-9-4-6-11-19(17)21-13-8-14-22(25(21)3)23-20-12-7-5-10-18(20)15-16-24(23)2;1-17-9-4-6-11-19(17)21-13-8-14-22(25(21)3)23-16-15-18-10-5-7-12-20(18)24(23)2/h5-18H,1-4H3;3*4-16H,1-3H3/q4*+2. The van der Waals surface area contributed by atoms with E-state index in [4.69, 9.17) is 0 Å². The lowest BCUT2D eigenvalue weighted by molar-refractivity contribution is -0.685. The summed E-state index contributed by atoms with van der Waals surface area (Å²) >= 11 is 0. The summed E-state index contributed by atoms with van der Waals surface area (Å²) in [5.74, 6) is 0. The summed E-state index contributed by atoms with van der Waals surface area (Å²) in [5.41, 5.74) is 29.8. The van der Waals surface area contributed by atoms with Gasteiger partial charge in [-0.2, -0.15) is 36.5 Å². The predicted molar refractivity (Wildman–Crippen MR) is 420 cm³/mol. The Labute approximate surface area is 607 Å². The average Bonchev–Trinajstić information content (AvgIpc) is 0.786. The van der Waals surface area contributed by atoms with E-state index in [1.807, 2.05) is 0 Å². The van der Waals surface area contributed by atoms with E-state index in [1.54, 1.807) is 0 Å². The zero-order valence-electron chi connectivity index (χ0n) is 61.7. The number of aryl methyl sites for hydroxylation is 9. The Kier molecular flexibility index (Phi) is 20.6. The maximum Gasteiger partial charge on any atom is 0.285 e. The normalized spacial score (nSPS) is 11.0. The lowest BCUT2D eigenvalue weighted by Gasteiger charge is -2.09. The van der Waals surface area contributed by atoms with Gasteiger partial charge in [-0.1, -0.05) is 152 Å². The molecule has 0 saturated carbocycles. The topological polar surface area (TPSA) is 31.0 Å². The van der Waals surface area contributed by atoms with Crippen LogP contribution in [0.3, 0.4) is 0 Å². The highest BCUT2D eigenvalue weighted by Crippen LogP contribution is 2.31. The van der Waals surface area contributed by atoms with Gasteiger partial charge in [0.2, 0.25) is 28.3 Å². The first-order valence-corrected chi connectivity index (χ1v) is 35.5.